The molecule has 0 aliphatic carbocycles. The summed E-state index contributed by atoms with van der Waals surface area (Å²) < 4.78 is 1.63. The Kier molecular flexibility index (Phi) is 7.93. The van der Waals surface area contributed by atoms with Crippen molar-refractivity contribution in [3.05, 3.63) is 78.2 Å². The quantitative estimate of drug-likeness (QED) is 0.440. The summed E-state index contributed by atoms with van der Waals surface area (Å²) in [4.78, 5) is 25.1. The van der Waals surface area contributed by atoms with Crippen LogP contribution in [0.4, 0.5) is 5.82 Å². The van der Waals surface area contributed by atoms with Gasteiger partial charge in [0.25, 0.3) is 0 Å². The summed E-state index contributed by atoms with van der Waals surface area (Å²) in [5.74, 6) is 0.201. The number of allylic oxidation sites excluding steroid dienone is 1. The molecule has 0 unspecified atom stereocenters. The van der Waals surface area contributed by atoms with E-state index in [1.54, 1.807) is 53.7 Å². The van der Waals surface area contributed by atoms with Crippen LogP contribution in [0.3, 0.4) is 0 Å². The number of aryl methyl sites for hydroxylation is 1. The van der Waals surface area contributed by atoms with Crippen molar-refractivity contribution in [1.82, 2.24) is 34.9 Å². The number of anilines is 1. The summed E-state index contributed by atoms with van der Waals surface area (Å²) in [5, 5.41) is 15.5. The predicted octanol–water partition coefficient (Wildman–Crippen LogP) is 4.29. The lowest BCUT2D eigenvalue weighted by molar-refractivity contribution is -0.117. The Bertz CT molecular complexity index is 1220. The number of hydrogen-bond donors (Lipinski definition) is 1. The minimum Gasteiger partial charge on any atom is -0.309 e. The third-order valence-corrected chi connectivity index (χ3v) is 4.65. The van der Waals surface area contributed by atoms with Gasteiger partial charge in [-0.25, -0.2) is 4.98 Å². The van der Waals surface area contributed by atoms with Crippen molar-refractivity contribution >= 4 is 23.3 Å². The fourth-order valence-electron chi connectivity index (χ4n) is 3.06. The van der Waals surface area contributed by atoms with Gasteiger partial charge in [0.2, 0.25) is 5.91 Å². The molecule has 0 saturated carbocycles. The van der Waals surface area contributed by atoms with E-state index in [0.29, 0.717) is 22.4 Å². The number of amides is 1. The second-order valence-corrected chi connectivity index (χ2v) is 7.31. The van der Waals surface area contributed by atoms with Crippen molar-refractivity contribution in [1.29, 1.82) is 0 Å². The van der Waals surface area contributed by atoms with Crippen LogP contribution in [0, 0.1) is 13.8 Å². The van der Waals surface area contributed by atoms with Gasteiger partial charge in [-0.3, -0.25) is 19.4 Å². The normalized spacial score (nSPS) is 10.2. The lowest BCUT2D eigenvalue weighted by Crippen LogP contribution is -2.20. The lowest BCUT2D eigenvalue weighted by Gasteiger charge is -2.07. The van der Waals surface area contributed by atoms with E-state index in [2.05, 4.69) is 42.1 Å². The number of nitrogens with one attached hydrogen (secondary N) is 1. The molecule has 0 atom stereocenters. The number of aromatic nitrogens is 7. The number of pyridine rings is 1. The smallest absolute Gasteiger partial charge is 0.247 e. The molecule has 33 heavy (non-hydrogen) atoms. The molecule has 10 heteroatoms. The van der Waals surface area contributed by atoms with E-state index in [4.69, 9.17) is 11.6 Å². The zero-order valence-corrected chi connectivity index (χ0v) is 19.3. The molecular formula is C23H23ClN8O. The van der Waals surface area contributed by atoms with Gasteiger partial charge in [-0.2, -0.15) is 5.10 Å². The molecule has 0 radical (unpaired) electrons. The van der Waals surface area contributed by atoms with Gasteiger partial charge in [-0.1, -0.05) is 17.7 Å². The Morgan fingerprint density at radius 1 is 1.09 bits per heavy atom. The molecule has 0 bridgehead atoms. The van der Waals surface area contributed by atoms with E-state index >= 15 is 0 Å². The lowest BCUT2D eigenvalue weighted by atomic mass is 10.1. The van der Waals surface area contributed by atoms with Crippen molar-refractivity contribution in [2.24, 2.45) is 0 Å². The summed E-state index contributed by atoms with van der Waals surface area (Å²) in [6.45, 7) is 9.04. The van der Waals surface area contributed by atoms with E-state index < -0.39 is 0 Å². The first-order chi connectivity index (χ1) is 15.9. The average molecular weight is 463 g/mol. The topological polar surface area (TPSA) is 111 Å². The third kappa shape index (κ3) is 6.05. The Hall–Kier alpha value is -3.98. The molecule has 0 spiro atoms. The van der Waals surface area contributed by atoms with Crippen LogP contribution in [-0.4, -0.2) is 40.8 Å². The monoisotopic (exact) mass is 462 g/mol. The van der Waals surface area contributed by atoms with Crippen molar-refractivity contribution in [3.63, 3.8) is 0 Å². The molecule has 168 valence electrons. The van der Waals surface area contributed by atoms with Gasteiger partial charge in [0.15, 0.2) is 5.15 Å². The maximum absolute atomic E-state index is 12.5. The molecule has 0 aliphatic heterocycles. The number of hydrogen-bond acceptors (Lipinski definition) is 7. The number of carbonyl (C=O) groups excluding carboxylic acids is 1. The van der Waals surface area contributed by atoms with E-state index in [1.807, 2.05) is 26.8 Å². The molecule has 4 aromatic heterocycles. The summed E-state index contributed by atoms with van der Waals surface area (Å²) >= 11 is 5.81. The van der Waals surface area contributed by atoms with Crippen LogP contribution in [0.25, 0.3) is 22.5 Å². The van der Waals surface area contributed by atoms with Gasteiger partial charge >= 0.3 is 0 Å². The fourth-order valence-corrected chi connectivity index (χ4v) is 3.16. The molecule has 0 fully saturated rings. The predicted molar refractivity (Wildman–Crippen MR) is 128 cm³/mol. The van der Waals surface area contributed by atoms with Gasteiger partial charge in [0.05, 0.1) is 23.3 Å². The maximum atomic E-state index is 12.5. The minimum absolute atomic E-state index is 0.0429. The summed E-state index contributed by atoms with van der Waals surface area (Å²) in [6.07, 6.45) is 8.26. The van der Waals surface area contributed by atoms with Crippen LogP contribution in [0.2, 0.25) is 5.15 Å². The molecule has 0 aromatic carbocycles. The standard InChI is InChI=1S/C20H17ClN8O.C3H6/c1-12-20(15-4-5-17(21)27-26-15)13(2)29(28-12)11-19(30)25-18-6-3-14(9-24-18)16-10-22-7-8-23-16;1-3-2/h3-10H,11H2,1-2H3,(H,24,25,30);3H,1H2,2H3. The number of halogens is 1. The molecule has 9 nitrogen and oxygen atoms in total. The molecule has 4 aromatic rings. The number of rotatable bonds is 5. The van der Waals surface area contributed by atoms with E-state index in [0.717, 1.165) is 22.5 Å². The Morgan fingerprint density at radius 2 is 1.88 bits per heavy atom. The van der Waals surface area contributed by atoms with Crippen LogP contribution in [0.15, 0.2) is 61.7 Å². The van der Waals surface area contributed by atoms with E-state index in [-0.39, 0.29) is 12.5 Å². The summed E-state index contributed by atoms with van der Waals surface area (Å²) in [7, 11) is 0. The van der Waals surface area contributed by atoms with Crippen LogP contribution < -0.4 is 5.32 Å². The summed E-state index contributed by atoms with van der Waals surface area (Å²) in [5.41, 5.74) is 4.58. The van der Waals surface area contributed by atoms with Crippen molar-refractivity contribution in [3.8, 4) is 22.5 Å². The first kappa shape index (κ1) is 23.7. The van der Waals surface area contributed by atoms with E-state index in [9.17, 15) is 4.79 Å². The molecule has 1 N–H and O–H groups in total. The summed E-state index contributed by atoms with van der Waals surface area (Å²) in [6, 6.07) is 6.99. The molecule has 0 saturated heterocycles. The highest BCUT2D eigenvalue weighted by atomic mass is 35.5. The van der Waals surface area contributed by atoms with Crippen LogP contribution in [0.5, 0.6) is 0 Å². The molecule has 4 rings (SSSR count). The molecule has 4 heterocycles. The van der Waals surface area contributed by atoms with Gasteiger partial charge in [0, 0.05) is 35.4 Å². The highest BCUT2D eigenvalue weighted by Crippen LogP contribution is 2.25. The van der Waals surface area contributed by atoms with Crippen LogP contribution in [-0.2, 0) is 11.3 Å². The largest absolute Gasteiger partial charge is 0.309 e. The molecule has 1 amide bonds. The van der Waals surface area contributed by atoms with Crippen LogP contribution >= 0.6 is 11.6 Å². The average Bonchev–Trinajstić information content (AvgIpc) is 3.08. The highest BCUT2D eigenvalue weighted by Gasteiger charge is 2.17. The fraction of sp³-hybridized carbons (Fsp3) is 0.174. The zero-order chi connectivity index (χ0) is 23.8. The Balaban J connectivity index is 0.000000968. The van der Waals surface area contributed by atoms with Crippen molar-refractivity contribution < 1.29 is 4.79 Å². The number of carbonyl (C=O) groups is 1. The molecular weight excluding hydrogens is 440 g/mol. The highest BCUT2D eigenvalue weighted by molar-refractivity contribution is 6.29. The zero-order valence-electron chi connectivity index (χ0n) is 18.5. The first-order valence-corrected chi connectivity index (χ1v) is 10.4. The first-order valence-electron chi connectivity index (χ1n) is 10.1. The molecule has 0 aliphatic rings. The van der Waals surface area contributed by atoms with Gasteiger partial charge in [0.1, 0.15) is 12.4 Å². The minimum atomic E-state index is -0.242. The van der Waals surface area contributed by atoms with Gasteiger partial charge < -0.3 is 5.32 Å². The van der Waals surface area contributed by atoms with Crippen molar-refractivity contribution in [2.75, 3.05) is 5.32 Å². The van der Waals surface area contributed by atoms with Crippen LogP contribution in [0.1, 0.15) is 18.3 Å². The van der Waals surface area contributed by atoms with E-state index in [1.165, 1.54) is 0 Å². The SMILES string of the molecule is C=CC.Cc1nn(CC(=O)Nc2ccc(-c3cnccn3)cn2)c(C)c1-c1ccc(Cl)nn1. The second-order valence-electron chi connectivity index (χ2n) is 6.92. The second kappa shape index (κ2) is 11.1. The third-order valence-electron chi connectivity index (χ3n) is 4.45. The number of nitrogens with zero attached hydrogens (tertiary/aromatic N) is 7. The van der Waals surface area contributed by atoms with Crippen molar-refractivity contribution in [2.45, 2.75) is 27.3 Å². The maximum Gasteiger partial charge on any atom is 0.247 e. The van der Waals surface area contributed by atoms with Gasteiger partial charge in [-0.05, 0) is 45.0 Å². The Labute approximate surface area is 196 Å². The van der Waals surface area contributed by atoms with Gasteiger partial charge in [-0.15, -0.1) is 16.8 Å². The Morgan fingerprint density at radius 3 is 2.48 bits per heavy atom.